The molecule has 2 heterocycles. The van der Waals surface area contributed by atoms with Crippen LogP contribution in [0.5, 0.6) is 5.75 Å². The Hall–Kier alpha value is -2.72. The van der Waals surface area contributed by atoms with Gasteiger partial charge in [-0.05, 0) is 57.4 Å². The van der Waals surface area contributed by atoms with E-state index in [2.05, 4.69) is 10.4 Å². The number of piperidine rings is 1. The van der Waals surface area contributed by atoms with E-state index >= 15 is 0 Å². The van der Waals surface area contributed by atoms with Crippen LogP contribution < -0.4 is 15.6 Å². The fraction of sp³-hybridized carbons (Fsp3) is 0.500. The van der Waals surface area contributed by atoms with Crippen molar-refractivity contribution in [2.24, 2.45) is 0 Å². The van der Waals surface area contributed by atoms with Crippen LogP contribution in [0, 0.1) is 0 Å². The van der Waals surface area contributed by atoms with Crippen LogP contribution in [-0.4, -0.2) is 47.6 Å². The molecule has 1 aromatic heterocycles. The first-order chi connectivity index (χ1) is 15.2. The van der Waals surface area contributed by atoms with E-state index in [1.165, 1.54) is 33.3 Å². The molecule has 0 atom stereocenters. The SMILES string of the molecule is CCCn1nc(C(=O)Nc2cc(S(=O)(=O)N3CCCCC3)ccc2OC(C)C)ccc1=O. The van der Waals surface area contributed by atoms with Gasteiger partial charge >= 0.3 is 0 Å². The highest BCUT2D eigenvalue weighted by atomic mass is 32.2. The topological polar surface area (TPSA) is 111 Å². The van der Waals surface area contributed by atoms with E-state index in [4.69, 9.17) is 4.74 Å². The van der Waals surface area contributed by atoms with Gasteiger partial charge in [-0.1, -0.05) is 13.3 Å². The Bertz CT molecular complexity index is 1120. The van der Waals surface area contributed by atoms with Crippen molar-refractivity contribution in [2.45, 2.75) is 64.0 Å². The number of ether oxygens (including phenoxy) is 1. The summed E-state index contributed by atoms with van der Waals surface area (Å²) in [5.41, 5.74) is -0.00323. The second kappa shape index (κ2) is 10.3. The molecule has 2 aromatic rings. The van der Waals surface area contributed by atoms with Crippen molar-refractivity contribution in [1.29, 1.82) is 0 Å². The summed E-state index contributed by atoms with van der Waals surface area (Å²) < 4.78 is 34.7. The summed E-state index contributed by atoms with van der Waals surface area (Å²) in [4.78, 5) is 24.9. The van der Waals surface area contributed by atoms with Crippen LogP contribution in [0.1, 0.15) is 56.9 Å². The van der Waals surface area contributed by atoms with Gasteiger partial charge in [0.25, 0.3) is 11.5 Å². The predicted molar refractivity (Wildman–Crippen MR) is 122 cm³/mol. The van der Waals surface area contributed by atoms with E-state index in [9.17, 15) is 18.0 Å². The minimum Gasteiger partial charge on any atom is -0.489 e. The molecular formula is C22H30N4O5S. The van der Waals surface area contributed by atoms with Crippen molar-refractivity contribution in [3.8, 4) is 5.75 Å². The molecule has 0 unspecified atom stereocenters. The summed E-state index contributed by atoms with van der Waals surface area (Å²) in [6, 6.07) is 7.11. The van der Waals surface area contributed by atoms with E-state index in [1.807, 2.05) is 20.8 Å². The summed E-state index contributed by atoms with van der Waals surface area (Å²) in [6.45, 7) is 6.95. The van der Waals surface area contributed by atoms with E-state index < -0.39 is 15.9 Å². The quantitative estimate of drug-likeness (QED) is 0.646. The molecule has 0 radical (unpaired) electrons. The zero-order valence-corrected chi connectivity index (χ0v) is 19.5. The minimum atomic E-state index is -3.68. The van der Waals surface area contributed by atoms with Crippen molar-refractivity contribution in [3.05, 3.63) is 46.4 Å². The molecule has 1 fully saturated rings. The van der Waals surface area contributed by atoms with Crippen LogP contribution in [0.2, 0.25) is 0 Å². The van der Waals surface area contributed by atoms with E-state index in [-0.39, 0.29) is 27.9 Å². The molecular weight excluding hydrogens is 432 g/mol. The first-order valence-corrected chi connectivity index (χ1v) is 12.4. The number of benzene rings is 1. The number of hydrogen-bond donors (Lipinski definition) is 1. The smallest absolute Gasteiger partial charge is 0.276 e. The van der Waals surface area contributed by atoms with Crippen LogP contribution >= 0.6 is 0 Å². The Morgan fingerprint density at radius 2 is 1.88 bits per heavy atom. The van der Waals surface area contributed by atoms with Crippen molar-refractivity contribution in [3.63, 3.8) is 0 Å². The van der Waals surface area contributed by atoms with Crippen LogP contribution in [0.25, 0.3) is 0 Å². The number of carbonyl (C=O) groups is 1. The van der Waals surface area contributed by atoms with E-state index in [0.717, 1.165) is 19.3 Å². The molecule has 10 heteroatoms. The lowest BCUT2D eigenvalue weighted by molar-refractivity contribution is 0.101. The Kier molecular flexibility index (Phi) is 7.68. The highest BCUT2D eigenvalue weighted by Gasteiger charge is 2.27. The molecule has 1 aliphatic heterocycles. The van der Waals surface area contributed by atoms with Crippen molar-refractivity contribution in [1.82, 2.24) is 14.1 Å². The molecule has 174 valence electrons. The maximum Gasteiger partial charge on any atom is 0.276 e. The van der Waals surface area contributed by atoms with Gasteiger partial charge in [-0.2, -0.15) is 9.40 Å². The van der Waals surface area contributed by atoms with Gasteiger partial charge in [0.2, 0.25) is 10.0 Å². The van der Waals surface area contributed by atoms with Crippen LogP contribution in [0.15, 0.2) is 40.0 Å². The van der Waals surface area contributed by atoms with Gasteiger partial charge in [0.05, 0.1) is 16.7 Å². The largest absolute Gasteiger partial charge is 0.489 e. The molecule has 0 aliphatic carbocycles. The molecule has 9 nitrogen and oxygen atoms in total. The molecule has 1 aliphatic rings. The average molecular weight is 463 g/mol. The van der Waals surface area contributed by atoms with Crippen LogP contribution in [-0.2, 0) is 16.6 Å². The van der Waals surface area contributed by atoms with E-state index in [1.54, 1.807) is 6.07 Å². The number of nitrogens with zero attached hydrogens (tertiary/aromatic N) is 3. The molecule has 1 aromatic carbocycles. The Labute approximate surface area is 188 Å². The third kappa shape index (κ3) is 5.55. The van der Waals surface area contributed by atoms with Crippen molar-refractivity contribution < 1.29 is 17.9 Å². The Morgan fingerprint density at radius 3 is 2.53 bits per heavy atom. The fourth-order valence-corrected chi connectivity index (χ4v) is 5.05. The zero-order valence-electron chi connectivity index (χ0n) is 18.7. The summed E-state index contributed by atoms with van der Waals surface area (Å²) >= 11 is 0. The van der Waals surface area contributed by atoms with Gasteiger partial charge in [0.1, 0.15) is 11.4 Å². The lowest BCUT2D eigenvalue weighted by atomic mass is 10.2. The fourth-order valence-electron chi connectivity index (χ4n) is 3.51. The molecule has 1 saturated heterocycles. The standard InChI is InChI=1S/C22H30N4O5S/c1-4-12-26-21(27)11-9-18(24-26)22(28)23-19-15-17(8-10-20(19)31-16(2)3)32(29,30)25-13-6-5-7-14-25/h8-11,15-16H,4-7,12-14H2,1-3H3,(H,23,28). The summed E-state index contributed by atoms with van der Waals surface area (Å²) in [7, 11) is -3.68. The van der Waals surface area contributed by atoms with Gasteiger partial charge in [0.15, 0.2) is 0 Å². The number of rotatable bonds is 8. The van der Waals surface area contributed by atoms with Crippen molar-refractivity contribution in [2.75, 3.05) is 18.4 Å². The number of sulfonamides is 1. The summed E-state index contributed by atoms with van der Waals surface area (Å²) in [5.74, 6) is -0.205. The van der Waals surface area contributed by atoms with Crippen LogP contribution in [0.3, 0.4) is 0 Å². The number of anilines is 1. The van der Waals surface area contributed by atoms with Gasteiger partial charge in [-0.15, -0.1) is 0 Å². The number of hydrogen-bond acceptors (Lipinski definition) is 6. The lowest BCUT2D eigenvalue weighted by Gasteiger charge is -2.26. The zero-order chi connectivity index (χ0) is 23.3. The van der Waals surface area contributed by atoms with Crippen LogP contribution in [0.4, 0.5) is 5.69 Å². The second-order valence-electron chi connectivity index (χ2n) is 8.02. The molecule has 0 saturated carbocycles. The maximum absolute atomic E-state index is 13.1. The summed E-state index contributed by atoms with van der Waals surface area (Å²) in [5, 5.41) is 6.83. The normalized spacial score (nSPS) is 15.0. The van der Waals surface area contributed by atoms with Gasteiger partial charge in [-0.3, -0.25) is 9.59 Å². The second-order valence-corrected chi connectivity index (χ2v) is 9.96. The lowest BCUT2D eigenvalue weighted by Crippen LogP contribution is -2.35. The highest BCUT2D eigenvalue weighted by molar-refractivity contribution is 7.89. The molecule has 0 spiro atoms. The Morgan fingerprint density at radius 1 is 1.16 bits per heavy atom. The number of nitrogens with one attached hydrogen (secondary N) is 1. The minimum absolute atomic E-state index is 0.0536. The molecule has 1 amide bonds. The number of aromatic nitrogens is 2. The number of carbonyl (C=O) groups excluding carboxylic acids is 1. The average Bonchev–Trinajstić information content (AvgIpc) is 2.76. The van der Waals surface area contributed by atoms with Gasteiger partial charge in [0, 0.05) is 25.7 Å². The summed E-state index contributed by atoms with van der Waals surface area (Å²) in [6.07, 6.45) is 3.19. The molecule has 32 heavy (non-hydrogen) atoms. The third-order valence-electron chi connectivity index (χ3n) is 5.05. The monoisotopic (exact) mass is 462 g/mol. The first kappa shape index (κ1) is 23.9. The van der Waals surface area contributed by atoms with Gasteiger partial charge < -0.3 is 10.1 Å². The number of amides is 1. The molecule has 0 bridgehead atoms. The van der Waals surface area contributed by atoms with Gasteiger partial charge in [-0.25, -0.2) is 13.1 Å². The maximum atomic E-state index is 13.1. The molecule has 3 rings (SSSR count). The van der Waals surface area contributed by atoms with Crippen molar-refractivity contribution >= 4 is 21.6 Å². The van der Waals surface area contributed by atoms with E-state index in [0.29, 0.717) is 31.8 Å². The Balaban J connectivity index is 1.94. The number of aryl methyl sites for hydroxylation is 1. The first-order valence-electron chi connectivity index (χ1n) is 10.9. The molecule has 1 N–H and O–H groups in total. The highest BCUT2D eigenvalue weighted by Crippen LogP contribution is 2.31. The third-order valence-corrected chi connectivity index (χ3v) is 6.94. The predicted octanol–water partition coefficient (Wildman–Crippen LogP) is 2.87.